The van der Waals surface area contributed by atoms with Gasteiger partial charge in [-0.25, -0.2) is 0 Å². The Hall–Kier alpha value is -0.550. The highest BCUT2D eigenvalue weighted by Gasteiger charge is 1.95. The molecule has 0 N–H and O–H groups in total. The molecule has 0 bridgehead atoms. The Morgan fingerprint density at radius 3 is 2.42 bits per heavy atom. The molecule has 0 aliphatic rings. The number of aliphatic imine (C=N–C) groups is 1. The van der Waals surface area contributed by atoms with E-state index in [1.807, 2.05) is 20.8 Å². The van der Waals surface area contributed by atoms with Crippen LogP contribution in [-0.4, -0.2) is 11.0 Å². The molecule has 0 fully saturated rings. The average molecular weight is 228 g/mol. The first-order valence-corrected chi connectivity index (χ1v) is 5.04. The van der Waals surface area contributed by atoms with Crippen LogP contribution in [0.4, 0.5) is 0 Å². The van der Waals surface area contributed by atoms with Crippen LogP contribution in [0.2, 0.25) is 0 Å². The molecule has 0 radical (unpaired) electrons. The summed E-state index contributed by atoms with van der Waals surface area (Å²) in [6, 6.07) is 0. The molecule has 0 amide bonds. The molecule has 0 unspecified atom stereocenters. The zero-order valence-corrected chi connectivity index (χ0v) is 9.40. The van der Waals surface area contributed by atoms with Crippen LogP contribution in [-0.2, 0) is 0 Å². The second kappa shape index (κ2) is 6.02. The first kappa shape index (κ1) is 11.4. The van der Waals surface area contributed by atoms with Crippen LogP contribution in [0.25, 0.3) is 0 Å². The minimum Gasteiger partial charge on any atom is -0.261 e. The van der Waals surface area contributed by atoms with Crippen molar-refractivity contribution in [2.24, 2.45) is 4.99 Å². The number of hydrogen-bond donors (Lipinski definition) is 0. The maximum absolute atomic E-state index is 5.31. The lowest BCUT2D eigenvalue weighted by atomic mass is 10.2. The number of alkyl halides is 1. The largest absolute Gasteiger partial charge is 0.261 e. The van der Waals surface area contributed by atoms with E-state index < -0.39 is 0 Å². The van der Waals surface area contributed by atoms with E-state index in [2.05, 4.69) is 26.8 Å². The molecule has 0 saturated carbocycles. The van der Waals surface area contributed by atoms with Gasteiger partial charge in [-0.15, -0.1) is 6.42 Å². The van der Waals surface area contributed by atoms with Gasteiger partial charge in [-0.2, -0.15) is 0 Å². The lowest BCUT2D eigenvalue weighted by Gasteiger charge is -1.99. The molecule has 0 heterocycles. The van der Waals surface area contributed by atoms with Crippen LogP contribution >= 0.6 is 15.9 Å². The van der Waals surface area contributed by atoms with E-state index in [4.69, 9.17) is 6.42 Å². The highest BCUT2D eigenvalue weighted by molar-refractivity contribution is 9.09. The minimum atomic E-state index is 0.798. The van der Waals surface area contributed by atoms with Gasteiger partial charge in [0, 0.05) is 22.3 Å². The summed E-state index contributed by atoms with van der Waals surface area (Å²) in [4.78, 5) is 4.34. The normalized spacial score (nSPS) is 13.8. The monoisotopic (exact) mass is 227 g/mol. The van der Waals surface area contributed by atoms with Crippen LogP contribution in [0.1, 0.15) is 27.2 Å². The molecular formula is C10H14BrN. The average Bonchev–Trinajstić information content (AvgIpc) is 2.06. The molecule has 0 aliphatic heterocycles. The Labute approximate surface area is 83.1 Å². The topological polar surface area (TPSA) is 12.4 Å². The van der Waals surface area contributed by atoms with Crippen molar-refractivity contribution >= 4 is 21.6 Å². The number of allylic oxidation sites excluding steroid dienone is 2. The molecule has 12 heavy (non-hydrogen) atoms. The molecule has 0 saturated heterocycles. The molecule has 0 atom stereocenters. The van der Waals surface area contributed by atoms with E-state index in [9.17, 15) is 0 Å². The molecule has 0 aromatic carbocycles. The van der Waals surface area contributed by atoms with E-state index in [0.717, 1.165) is 28.7 Å². The summed E-state index contributed by atoms with van der Waals surface area (Å²) >= 11 is 3.33. The van der Waals surface area contributed by atoms with Crippen LogP contribution in [0.3, 0.4) is 0 Å². The standard InChI is InChI=1S/C10H14BrN/c1-5-10(6-2)9(4)12-8(3)7-11/h1H,6-7H2,2-4H3/b10-9+,12-8-. The first-order valence-electron chi connectivity index (χ1n) is 3.92. The second-order valence-electron chi connectivity index (χ2n) is 2.54. The number of terminal acetylenes is 1. The molecular weight excluding hydrogens is 214 g/mol. The summed E-state index contributed by atoms with van der Waals surface area (Å²) in [5.41, 5.74) is 2.99. The van der Waals surface area contributed by atoms with Crippen molar-refractivity contribution in [3.63, 3.8) is 0 Å². The van der Waals surface area contributed by atoms with E-state index >= 15 is 0 Å². The third-order valence-corrected chi connectivity index (χ3v) is 2.33. The number of nitrogens with zero attached hydrogens (tertiary/aromatic N) is 1. The summed E-state index contributed by atoms with van der Waals surface area (Å²) < 4.78 is 0. The Balaban J connectivity index is 4.68. The summed E-state index contributed by atoms with van der Waals surface area (Å²) in [5, 5.41) is 0.798. The number of halogens is 1. The lowest BCUT2D eigenvalue weighted by molar-refractivity contribution is 1.10. The van der Waals surface area contributed by atoms with Gasteiger partial charge in [0.1, 0.15) is 0 Å². The van der Waals surface area contributed by atoms with Crippen LogP contribution < -0.4 is 0 Å². The molecule has 0 aromatic rings. The molecule has 0 rings (SSSR count). The van der Waals surface area contributed by atoms with Gasteiger partial charge in [0.25, 0.3) is 0 Å². The van der Waals surface area contributed by atoms with Gasteiger partial charge >= 0.3 is 0 Å². The maximum Gasteiger partial charge on any atom is 0.0487 e. The fourth-order valence-corrected chi connectivity index (χ4v) is 0.971. The first-order chi connectivity index (χ1) is 5.65. The van der Waals surface area contributed by atoms with Crippen molar-refractivity contribution < 1.29 is 0 Å². The summed E-state index contributed by atoms with van der Waals surface area (Å²) in [6.07, 6.45) is 6.19. The van der Waals surface area contributed by atoms with Crippen molar-refractivity contribution in [1.29, 1.82) is 0 Å². The highest BCUT2D eigenvalue weighted by Crippen LogP contribution is 2.08. The van der Waals surface area contributed by atoms with Crippen molar-refractivity contribution in [2.75, 3.05) is 5.33 Å². The quantitative estimate of drug-likeness (QED) is 0.399. The van der Waals surface area contributed by atoms with Crippen molar-refractivity contribution in [1.82, 2.24) is 0 Å². The lowest BCUT2D eigenvalue weighted by Crippen LogP contribution is -1.93. The fourth-order valence-electron chi connectivity index (χ4n) is 0.846. The van der Waals surface area contributed by atoms with E-state index in [1.54, 1.807) is 0 Å². The zero-order valence-electron chi connectivity index (χ0n) is 7.82. The van der Waals surface area contributed by atoms with Gasteiger partial charge in [0.2, 0.25) is 0 Å². The van der Waals surface area contributed by atoms with Gasteiger partial charge in [-0.1, -0.05) is 28.8 Å². The van der Waals surface area contributed by atoms with Crippen LogP contribution in [0.15, 0.2) is 16.3 Å². The Bertz CT molecular complexity index is 243. The summed E-state index contributed by atoms with van der Waals surface area (Å²) in [6.45, 7) is 5.96. The third kappa shape index (κ3) is 3.73. The minimum absolute atomic E-state index is 0.798. The fraction of sp³-hybridized carbons (Fsp3) is 0.500. The molecule has 0 spiro atoms. The molecule has 2 heteroatoms. The van der Waals surface area contributed by atoms with Gasteiger partial charge in [0.05, 0.1) is 0 Å². The van der Waals surface area contributed by atoms with E-state index in [-0.39, 0.29) is 0 Å². The van der Waals surface area contributed by atoms with Crippen molar-refractivity contribution in [3.05, 3.63) is 11.3 Å². The highest BCUT2D eigenvalue weighted by atomic mass is 79.9. The zero-order chi connectivity index (χ0) is 9.56. The molecule has 66 valence electrons. The van der Waals surface area contributed by atoms with Gasteiger partial charge in [-0.05, 0) is 20.3 Å². The van der Waals surface area contributed by atoms with Crippen molar-refractivity contribution in [3.8, 4) is 12.3 Å². The Morgan fingerprint density at radius 1 is 1.50 bits per heavy atom. The van der Waals surface area contributed by atoms with Gasteiger partial charge < -0.3 is 0 Å². The summed E-state index contributed by atoms with van der Waals surface area (Å²) in [5.74, 6) is 2.64. The molecule has 1 nitrogen and oxygen atoms in total. The van der Waals surface area contributed by atoms with Gasteiger partial charge in [-0.3, -0.25) is 4.99 Å². The van der Waals surface area contributed by atoms with Crippen molar-refractivity contribution in [2.45, 2.75) is 27.2 Å². The molecule has 0 aromatic heterocycles. The molecule has 0 aliphatic carbocycles. The maximum atomic E-state index is 5.31. The smallest absolute Gasteiger partial charge is 0.0487 e. The van der Waals surface area contributed by atoms with Crippen LogP contribution in [0, 0.1) is 12.3 Å². The number of rotatable bonds is 3. The van der Waals surface area contributed by atoms with E-state index in [0.29, 0.717) is 0 Å². The second-order valence-corrected chi connectivity index (χ2v) is 3.10. The predicted molar refractivity (Wildman–Crippen MR) is 58.7 cm³/mol. The third-order valence-electron chi connectivity index (χ3n) is 1.52. The predicted octanol–water partition coefficient (Wildman–Crippen LogP) is 3.16. The van der Waals surface area contributed by atoms with E-state index in [1.165, 1.54) is 0 Å². The summed E-state index contributed by atoms with van der Waals surface area (Å²) in [7, 11) is 0. The van der Waals surface area contributed by atoms with Crippen LogP contribution in [0.5, 0.6) is 0 Å². The Morgan fingerprint density at radius 2 is 2.08 bits per heavy atom. The Kier molecular flexibility index (Phi) is 5.74. The number of hydrogen-bond acceptors (Lipinski definition) is 1. The SMILES string of the molecule is C#C/C(CC)=C(C)\N=C(\C)CBr. The van der Waals surface area contributed by atoms with Gasteiger partial charge in [0.15, 0.2) is 0 Å².